The Hall–Kier alpha value is -1.75. The van der Waals surface area contributed by atoms with Gasteiger partial charge >= 0.3 is 12.1 Å². The van der Waals surface area contributed by atoms with Gasteiger partial charge in [-0.15, -0.1) is 0 Å². The zero-order valence-electron chi connectivity index (χ0n) is 9.89. The number of hydrogen-bond acceptors (Lipinski definition) is 4. The van der Waals surface area contributed by atoms with Gasteiger partial charge in [0.2, 0.25) is 6.10 Å². The van der Waals surface area contributed by atoms with Gasteiger partial charge in [-0.3, -0.25) is 4.55 Å². The van der Waals surface area contributed by atoms with Crippen molar-refractivity contribution >= 4 is 16.1 Å². The number of rotatable bonds is 4. The molecular formula is C10H7F5O5S. The van der Waals surface area contributed by atoms with Crippen molar-refractivity contribution < 1.29 is 44.5 Å². The highest BCUT2D eigenvalue weighted by atomic mass is 32.2. The third-order valence-corrected chi connectivity index (χ3v) is 2.87. The number of alkyl halides is 3. The molecule has 1 unspecified atom stereocenters. The lowest BCUT2D eigenvalue weighted by molar-refractivity contribution is -0.197. The quantitative estimate of drug-likeness (QED) is 0.517. The van der Waals surface area contributed by atoms with Gasteiger partial charge in [-0.1, -0.05) is 6.07 Å². The van der Waals surface area contributed by atoms with E-state index in [1.165, 1.54) is 0 Å². The van der Waals surface area contributed by atoms with E-state index >= 15 is 0 Å². The van der Waals surface area contributed by atoms with Crippen LogP contribution in [0.1, 0.15) is 10.4 Å². The number of ether oxygens (including phenoxy) is 1. The lowest BCUT2D eigenvalue weighted by Crippen LogP contribution is -2.39. The molecule has 0 amide bonds. The second-order valence-electron chi connectivity index (χ2n) is 3.78. The van der Waals surface area contributed by atoms with Crippen molar-refractivity contribution in [2.24, 2.45) is 0 Å². The van der Waals surface area contributed by atoms with Gasteiger partial charge in [-0.2, -0.15) is 21.6 Å². The third-order valence-electron chi connectivity index (χ3n) is 2.14. The number of carbonyl (C=O) groups excluding carboxylic acids is 1. The minimum absolute atomic E-state index is 0.602. The van der Waals surface area contributed by atoms with Crippen molar-refractivity contribution in [2.75, 3.05) is 5.75 Å². The number of halogens is 5. The van der Waals surface area contributed by atoms with Crippen molar-refractivity contribution in [2.45, 2.75) is 12.3 Å². The first-order chi connectivity index (χ1) is 9.42. The molecule has 0 aliphatic carbocycles. The Balaban J connectivity index is 3.07. The number of hydrogen-bond donors (Lipinski definition) is 1. The summed E-state index contributed by atoms with van der Waals surface area (Å²) in [6, 6.07) is 2.07. The average molecular weight is 334 g/mol. The van der Waals surface area contributed by atoms with Crippen molar-refractivity contribution in [3.63, 3.8) is 0 Å². The van der Waals surface area contributed by atoms with Gasteiger partial charge in [0, 0.05) is 0 Å². The second-order valence-corrected chi connectivity index (χ2v) is 5.28. The van der Waals surface area contributed by atoms with E-state index in [1.807, 2.05) is 0 Å². The van der Waals surface area contributed by atoms with Crippen molar-refractivity contribution in [1.29, 1.82) is 0 Å². The predicted molar refractivity (Wildman–Crippen MR) is 58.0 cm³/mol. The summed E-state index contributed by atoms with van der Waals surface area (Å²) in [7, 11) is -5.14. The molecule has 1 rings (SSSR count). The van der Waals surface area contributed by atoms with E-state index in [-0.39, 0.29) is 0 Å². The minimum atomic E-state index is -5.35. The first-order valence-corrected chi connectivity index (χ1v) is 6.69. The molecule has 1 aromatic rings. The van der Waals surface area contributed by atoms with Crippen LogP contribution in [0.25, 0.3) is 0 Å². The molecular weight excluding hydrogens is 327 g/mol. The molecule has 0 spiro atoms. The van der Waals surface area contributed by atoms with Gasteiger partial charge in [0.15, 0.2) is 0 Å². The Labute approximate surface area is 115 Å². The molecule has 5 nitrogen and oxygen atoms in total. The Morgan fingerprint density at radius 3 is 2.10 bits per heavy atom. The highest BCUT2D eigenvalue weighted by Gasteiger charge is 2.46. The van der Waals surface area contributed by atoms with Crippen LogP contribution in [-0.2, 0) is 14.9 Å². The molecule has 0 bridgehead atoms. The molecule has 0 aliphatic heterocycles. The molecule has 0 heterocycles. The van der Waals surface area contributed by atoms with Gasteiger partial charge in [-0.05, 0) is 12.1 Å². The van der Waals surface area contributed by atoms with E-state index in [1.54, 1.807) is 0 Å². The first-order valence-electron chi connectivity index (χ1n) is 5.08. The van der Waals surface area contributed by atoms with Crippen LogP contribution in [-0.4, -0.2) is 37.0 Å². The number of esters is 1. The Morgan fingerprint density at radius 2 is 1.71 bits per heavy atom. The smallest absolute Gasteiger partial charge is 0.426 e. The Morgan fingerprint density at radius 1 is 1.24 bits per heavy atom. The maximum atomic E-state index is 13.2. The standard InChI is InChI=1S/C10H7F5O5S/c11-5-2-1-3-6(12)8(5)9(16)20-7(10(13,14)15)4-21(17,18)19/h1-3,7H,4H2,(H,17,18,19). The molecule has 11 heteroatoms. The molecule has 1 N–H and O–H groups in total. The normalized spacial score (nSPS) is 13.8. The van der Waals surface area contributed by atoms with Crippen LogP contribution >= 0.6 is 0 Å². The van der Waals surface area contributed by atoms with Crippen LogP contribution in [0.5, 0.6) is 0 Å². The summed E-state index contributed by atoms with van der Waals surface area (Å²) in [5.74, 6) is -6.99. The van der Waals surface area contributed by atoms with Crippen LogP contribution in [0.2, 0.25) is 0 Å². The van der Waals surface area contributed by atoms with E-state index in [0.29, 0.717) is 12.1 Å². The number of carbonyl (C=O) groups is 1. The van der Waals surface area contributed by atoms with E-state index in [0.717, 1.165) is 6.07 Å². The fourth-order valence-electron chi connectivity index (χ4n) is 1.27. The zero-order valence-corrected chi connectivity index (χ0v) is 10.7. The van der Waals surface area contributed by atoms with E-state index in [2.05, 4.69) is 4.74 Å². The summed E-state index contributed by atoms with van der Waals surface area (Å²) in [5.41, 5.74) is -1.40. The lowest BCUT2D eigenvalue weighted by Gasteiger charge is -2.19. The third kappa shape index (κ3) is 4.93. The molecule has 0 saturated heterocycles. The highest BCUT2D eigenvalue weighted by molar-refractivity contribution is 7.85. The van der Waals surface area contributed by atoms with Crippen LogP contribution in [0.4, 0.5) is 22.0 Å². The molecule has 0 saturated carbocycles. The van der Waals surface area contributed by atoms with Gasteiger partial charge < -0.3 is 4.74 Å². The largest absolute Gasteiger partial charge is 0.448 e. The first kappa shape index (κ1) is 17.3. The maximum absolute atomic E-state index is 13.2. The molecule has 0 aromatic heterocycles. The lowest BCUT2D eigenvalue weighted by atomic mass is 10.2. The summed E-state index contributed by atoms with van der Waals surface area (Å²) < 4.78 is 96.9. The highest BCUT2D eigenvalue weighted by Crippen LogP contribution is 2.26. The van der Waals surface area contributed by atoms with Gasteiger partial charge in [0.05, 0.1) is 0 Å². The van der Waals surface area contributed by atoms with Gasteiger partial charge in [-0.25, -0.2) is 13.6 Å². The monoisotopic (exact) mass is 334 g/mol. The van der Waals surface area contributed by atoms with Crippen molar-refractivity contribution in [3.8, 4) is 0 Å². The van der Waals surface area contributed by atoms with E-state index < -0.39 is 51.3 Å². The van der Waals surface area contributed by atoms with Crippen molar-refractivity contribution in [1.82, 2.24) is 0 Å². The van der Waals surface area contributed by atoms with Gasteiger partial charge in [0.1, 0.15) is 23.0 Å². The summed E-state index contributed by atoms with van der Waals surface area (Å²) in [4.78, 5) is 11.4. The number of benzene rings is 1. The van der Waals surface area contributed by atoms with Crippen molar-refractivity contribution in [3.05, 3.63) is 35.4 Å². The van der Waals surface area contributed by atoms with Gasteiger partial charge in [0.25, 0.3) is 10.1 Å². The summed E-state index contributed by atoms with van der Waals surface area (Å²) in [5, 5.41) is 0. The summed E-state index contributed by atoms with van der Waals surface area (Å²) in [6.45, 7) is 0. The van der Waals surface area contributed by atoms with Crippen LogP contribution in [0, 0.1) is 11.6 Å². The topological polar surface area (TPSA) is 80.7 Å². The molecule has 0 fully saturated rings. The predicted octanol–water partition coefficient (Wildman–Crippen LogP) is 1.94. The fourth-order valence-corrected chi connectivity index (χ4v) is 1.91. The minimum Gasteiger partial charge on any atom is -0.448 e. The Kier molecular flexibility index (Phi) is 4.89. The van der Waals surface area contributed by atoms with E-state index in [9.17, 15) is 35.2 Å². The summed E-state index contributed by atoms with van der Waals surface area (Å²) in [6.07, 6.45) is -8.62. The molecule has 118 valence electrons. The van der Waals surface area contributed by atoms with Crippen LogP contribution < -0.4 is 0 Å². The molecule has 0 radical (unpaired) electrons. The molecule has 1 atom stereocenters. The molecule has 0 aliphatic rings. The maximum Gasteiger partial charge on any atom is 0.426 e. The van der Waals surface area contributed by atoms with Crippen LogP contribution in [0.3, 0.4) is 0 Å². The van der Waals surface area contributed by atoms with E-state index in [4.69, 9.17) is 4.55 Å². The zero-order chi connectivity index (χ0) is 16.4. The second kappa shape index (κ2) is 5.93. The molecule has 1 aromatic carbocycles. The Bertz CT molecular complexity index is 619. The summed E-state index contributed by atoms with van der Waals surface area (Å²) >= 11 is 0. The average Bonchev–Trinajstić information content (AvgIpc) is 2.24. The van der Waals surface area contributed by atoms with Crippen LogP contribution in [0.15, 0.2) is 18.2 Å². The molecule has 21 heavy (non-hydrogen) atoms. The SMILES string of the molecule is O=C(OC(CS(=O)(=O)O)C(F)(F)F)c1c(F)cccc1F. The fraction of sp³-hybridized carbons (Fsp3) is 0.300.